The second-order valence-electron chi connectivity index (χ2n) is 4.78. The minimum absolute atomic E-state index is 0.127. The van der Waals surface area contributed by atoms with Crippen molar-refractivity contribution in [3.8, 4) is 0 Å². The molecule has 0 aliphatic carbocycles. The summed E-state index contributed by atoms with van der Waals surface area (Å²) in [6, 6.07) is 6.83. The summed E-state index contributed by atoms with van der Waals surface area (Å²) < 4.78 is 0.881. The van der Waals surface area contributed by atoms with Gasteiger partial charge in [0, 0.05) is 10.0 Å². The van der Waals surface area contributed by atoms with Gasteiger partial charge in [-0.2, -0.15) is 0 Å². The molecule has 0 aromatic heterocycles. The minimum atomic E-state index is -0.695. The summed E-state index contributed by atoms with van der Waals surface area (Å²) in [5.41, 5.74) is -0.211. The van der Waals surface area contributed by atoms with Gasteiger partial charge < -0.3 is 15.7 Å². The number of carbonyl (C=O) groups excluding carboxylic acids is 2. The molecule has 0 atom stereocenters. The Morgan fingerprint density at radius 2 is 1.84 bits per heavy atom. The zero-order valence-corrected chi connectivity index (χ0v) is 12.5. The number of hydrogen-bond acceptors (Lipinski definition) is 3. The maximum Gasteiger partial charge on any atom is 0.251 e. The quantitative estimate of drug-likeness (QED) is 0.756. The lowest BCUT2D eigenvalue weighted by molar-refractivity contribution is -0.122. The Morgan fingerprint density at radius 1 is 1.26 bits per heavy atom. The molecule has 0 saturated heterocycles. The van der Waals surface area contributed by atoms with Crippen LogP contribution in [0.15, 0.2) is 28.7 Å². The van der Waals surface area contributed by atoms with E-state index in [0.29, 0.717) is 5.56 Å². The first-order valence-electron chi connectivity index (χ1n) is 5.80. The molecule has 0 radical (unpaired) electrons. The Kier molecular flexibility index (Phi) is 5.50. The highest BCUT2D eigenvalue weighted by molar-refractivity contribution is 9.10. The molecule has 0 spiro atoms. The molecule has 6 heteroatoms. The summed E-state index contributed by atoms with van der Waals surface area (Å²) in [5.74, 6) is -0.658. The van der Waals surface area contributed by atoms with Gasteiger partial charge in [-0.05, 0) is 38.1 Å². The molecule has 2 amide bonds. The molecule has 0 fully saturated rings. The average Bonchev–Trinajstić information content (AvgIpc) is 2.36. The second-order valence-corrected chi connectivity index (χ2v) is 5.70. The van der Waals surface area contributed by atoms with E-state index in [4.69, 9.17) is 5.11 Å². The molecule has 0 aliphatic rings. The molecule has 1 rings (SSSR count). The lowest BCUT2D eigenvalue weighted by atomic mass is 10.1. The monoisotopic (exact) mass is 328 g/mol. The van der Waals surface area contributed by atoms with E-state index in [9.17, 15) is 9.59 Å². The smallest absolute Gasteiger partial charge is 0.251 e. The van der Waals surface area contributed by atoms with Crippen LogP contribution in [-0.4, -0.2) is 35.6 Å². The predicted octanol–water partition coefficient (Wildman–Crippen LogP) is 1.07. The molecule has 0 unspecified atom stereocenters. The third-order valence-corrected chi connectivity index (χ3v) is 2.92. The van der Waals surface area contributed by atoms with Crippen LogP contribution in [0.3, 0.4) is 0 Å². The van der Waals surface area contributed by atoms with Crippen LogP contribution in [0.5, 0.6) is 0 Å². The van der Waals surface area contributed by atoms with Crippen molar-refractivity contribution in [1.29, 1.82) is 0 Å². The summed E-state index contributed by atoms with van der Waals surface area (Å²) >= 11 is 3.28. The number of benzene rings is 1. The Morgan fingerprint density at radius 3 is 2.37 bits per heavy atom. The normalized spacial score (nSPS) is 10.9. The van der Waals surface area contributed by atoms with Gasteiger partial charge in [0.25, 0.3) is 5.91 Å². The zero-order valence-electron chi connectivity index (χ0n) is 10.9. The van der Waals surface area contributed by atoms with Crippen molar-refractivity contribution in [2.24, 2.45) is 0 Å². The van der Waals surface area contributed by atoms with Gasteiger partial charge in [0.2, 0.25) is 5.91 Å². The summed E-state index contributed by atoms with van der Waals surface area (Å²) in [4.78, 5) is 23.3. The van der Waals surface area contributed by atoms with Crippen molar-refractivity contribution in [2.75, 3.05) is 13.2 Å². The van der Waals surface area contributed by atoms with Gasteiger partial charge in [-0.3, -0.25) is 9.59 Å². The summed E-state index contributed by atoms with van der Waals surface area (Å²) in [6.45, 7) is 3.10. The molecule has 0 aliphatic heterocycles. The van der Waals surface area contributed by atoms with Crippen molar-refractivity contribution in [3.05, 3.63) is 34.3 Å². The lowest BCUT2D eigenvalue weighted by Crippen LogP contribution is -2.49. The number of carbonyl (C=O) groups is 2. The van der Waals surface area contributed by atoms with E-state index in [1.54, 1.807) is 38.1 Å². The van der Waals surface area contributed by atoms with E-state index >= 15 is 0 Å². The third-order valence-electron chi connectivity index (χ3n) is 2.39. The van der Waals surface area contributed by atoms with Crippen LogP contribution in [0.25, 0.3) is 0 Å². The van der Waals surface area contributed by atoms with Gasteiger partial charge >= 0.3 is 0 Å². The van der Waals surface area contributed by atoms with E-state index in [1.165, 1.54) is 0 Å². The van der Waals surface area contributed by atoms with Gasteiger partial charge in [-0.15, -0.1) is 0 Å². The van der Waals surface area contributed by atoms with E-state index in [2.05, 4.69) is 26.6 Å². The maximum atomic E-state index is 11.7. The number of halogens is 1. The van der Waals surface area contributed by atoms with Crippen molar-refractivity contribution in [1.82, 2.24) is 10.6 Å². The lowest BCUT2D eigenvalue weighted by Gasteiger charge is -2.23. The Bertz CT molecular complexity index is 457. The molecule has 3 N–H and O–H groups in total. The van der Waals surface area contributed by atoms with Crippen LogP contribution in [-0.2, 0) is 4.79 Å². The van der Waals surface area contributed by atoms with Crippen LogP contribution in [0.1, 0.15) is 24.2 Å². The van der Waals surface area contributed by atoms with Crippen molar-refractivity contribution in [3.63, 3.8) is 0 Å². The fourth-order valence-corrected chi connectivity index (χ4v) is 1.59. The topological polar surface area (TPSA) is 78.4 Å². The third kappa shape index (κ3) is 5.40. The molecular formula is C13H17BrN2O3. The highest BCUT2D eigenvalue weighted by Gasteiger charge is 2.19. The summed E-state index contributed by atoms with van der Waals surface area (Å²) in [7, 11) is 0. The van der Waals surface area contributed by atoms with Crippen molar-refractivity contribution < 1.29 is 14.7 Å². The van der Waals surface area contributed by atoms with Crippen LogP contribution in [0.2, 0.25) is 0 Å². The van der Waals surface area contributed by atoms with Crippen LogP contribution < -0.4 is 10.6 Å². The van der Waals surface area contributed by atoms with Gasteiger partial charge in [0.1, 0.15) is 0 Å². The molecule has 104 valence electrons. The van der Waals surface area contributed by atoms with E-state index in [0.717, 1.165) is 4.47 Å². The van der Waals surface area contributed by atoms with Crippen LogP contribution in [0.4, 0.5) is 0 Å². The number of rotatable bonds is 5. The van der Waals surface area contributed by atoms with Crippen molar-refractivity contribution in [2.45, 2.75) is 19.4 Å². The SMILES string of the molecule is CC(C)(CO)NC(=O)CNC(=O)c1ccc(Br)cc1. The van der Waals surface area contributed by atoms with Gasteiger partial charge in [0.05, 0.1) is 18.7 Å². The molecule has 5 nitrogen and oxygen atoms in total. The fourth-order valence-electron chi connectivity index (χ4n) is 1.33. The van der Waals surface area contributed by atoms with E-state index < -0.39 is 5.54 Å². The van der Waals surface area contributed by atoms with Crippen molar-refractivity contribution >= 4 is 27.7 Å². The van der Waals surface area contributed by atoms with Gasteiger partial charge in [-0.1, -0.05) is 15.9 Å². The van der Waals surface area contributed by atoms with E-state index in [1.807, 2.05) is 0 Å². The first-order valence-corrected chi connectivity index (χ1v) is 6.59. The Balaban J connectivity index is 2.46. The van der Waals surface area contributed by atoms with E-state index in [-0.39, 0.29) is 25.0 Å². The highest BCUT2D eigenvalue weighted by Crippen LogP contribution is 2.10. The molecule has 1 aromatic carbocycles. The maximum absolute atomic E-state index is 11.7. The van der Waals surface area contributed by atoms with Gasteiger partial charge in [0.15, 0.2) is 0 Å². The first kappa shape index (κ1) is 15.7. The Labute approximate surface area is 120 Å². The summed E-state index contributed by atoms with van der Waals surface area (Å²) in [5, 5.41) is 14.1. The largest absolute Gasteiger partial charge is 0.394 e. The second kappa shape index (κ2) is 6.68. The van der Waals surface area contributed by atoms with Crippen LogP contribution >= 0.6 is 15.9 Å². The number of hydrogen-bond donors (Lipinski definition) is 3. The molecule has 0 heterocycles. The Hall–Kier alpha value is -1.40. The molecule has 0 bridgehead atoms. The number of aliphatic hydroxyl groups excluding tert-OH is 1. The fraction of sp³-hybridized carbons (Fsp3) is 0.385. The number of nitrogens with one attached hydrogen (secondary N) is 2. The average molecular weight is 329 g/mol. The molecule has 1 aromatic rings. The number of amides is 2. The van der Waals surface area contributed by atoms with Gasteiger partial charge in [-0.25, -0.2) is 0 Å². The molecule has 0 saturated carbocycles. The minimum Gasteiger partial charge on any atom is -0.394 e. The standard InChI is InChI=1S/C13H17BrN2O3/c1-13(2,8-17)16-11(18)7-15-12(19)9-3-5-10(14)6-4-9/h3-6,17H,7-8H2,1-2H3,(H,15,19)(H,16,18). The molecule has 19 heavy (non-hydrogen) atoms. The molecular weight excluding hydrogens is 312 g/mol. The zero-order chi connectivity index (χ0) is 14.5. The highest BCUT2D eigenvalue weighted by atomic mass is 79.9. The first-order chi connectivity index (χ1) is 8.84. The number of aliphatic hydroxyl groups is 1. The van der Waals surface area contributed by atoms with Crippen LogP contribution in [0, 0.1) is 0 Å². The summed E-state index contributed by atoms with van der Waals surface area (Å²) in [6.07, 6.45) is 0. The predicted molar refractivity (Wildman–Crippen MR) is 75.8 cm³/mol.